The molecule has 0 fully saturated rings. The first-order valence-corrected chi connectivity index (χ1v) is 5.13. The van der Waals surface area contributed by atoms with Crippen LogP contribution in [0.15, 0.2) is 30.6 Å². The van der Waals surface area contributed by atoms with Crippen molar-refractivity contribution in [3.8, 4) is 5.75 Å². The van der Waals surface area contributed by atoms with E-state index in [9.17, 15) is 9.18 Å². The van der Waals surface area contributed by atoms with Crippen LogP contribution < -0.4 is 10.5 Å². The van der Waals surface area contributed by atoms with Crippen molar-refractivity contribution in [2.45, 2.75) is 6.92 Å². The average molecular weight is 247 g/mol. The van der Waals surface area contributed by atoms with E-state index in [1.807, 2.05) is 0 Å². The van der Waals surface area contributed by atoms with Crippen LogP contribution in [-0.2, 0) is 0 Å². The van der Waals surface area contributed by atoms with Gasteiger partial charge in [-0.25, -0.2) is 19.2 Å². The largest absolute Gasteiger partial charge is 0.421 e. The van der Waals surface area contributed by atoms with E-state index in [0.717, 1.165) is 0 Å². The number of aromatic nitrogens is 2. The number of nitrogen functional groups attached to an aromatic ring is 1. The second kappa shape index (κ2) is 4.79. The molecule has 2 rings (SSSR count). The molecule has 1 aromatic heterocycles. The molecule has 0 spiro atoms. The maximum absolute atomic E-state index is 12.9. The lowest BCUT2D eigenvalue weighted by atomic mass is 10.2. The molecule has 2 aromatic rings. The summed E-state index contributed by atoms with van der Waals surface area (Å²) < 4.78 is 18.0. The summed E-state index contributed by atoms with van der Waals surface area (Å²) in [6, 6.07) is 3.84. The van der Waals surface area contributed by atoms with Gasteiger partial charge in [0.2, 0.25) is 0 Å². The molecule has 1 heterocycles. The van der Waals surface area contributed by atoms with E-state index in [4.69, 9.17) is 10.5 Å². The predicted molar refractivity (Wildman–Crippen MR) is 62.5 cm³/mol. The molecule has 0 saturated heterocycles. The molecule has 92 valence electrons. The van der Waals surface area contributed by atoms with Crippen LogP contribution in [0, 0.1) is 12.7 Å². The number of rotatable bonds is 2. The summed E-state index contributed by atoms with van der Waals surface area (Å²) in [6.45, 7) is 1.63. The van der Waals surface area contributed by atoms with E-state index in [-0.39, 0.29) is 17.3 Å². The summed E-state index contributed by atoms with van der Waals surface area (Å²) >= 11 is 0. The zero-order valence-corrected chi connectivity index (χ0v) is 9.55. The standard InChI is InChI=1S/C12H10FN3O2/c1-7-6-8(13)2-3-9(7)18-12(17)10-11(14)16-5-4-15-10/h2-6H,1H3,(H2,14,16). The van der Waals surface area contributed by atoms with Crippen molar-refractivity contribution in [1.29, 1.82) is 0 Å². The Balaban J connectivity index is 2.24. The van der Waals surface area contributed by atoms with Crippen LogP contribution in [-0.4, -0.2) is 15.9 Å². The zero-order chi connectivity index (χ0) is 13.1. The van der Waals surface area contributed by atoms with E-state index in [0.29, 0.717) is 5.56 Å². The molecule has 0 unspecified atom stereocenters. The van der Waals surface area contributed by atoms with Crippen molar-refractivity contribution < 1.29 is 13.9 Å². The average Bonchev–Trinajstić information content (AvgIpc) is 2.33. The molecule has 6 heteroatoms. The lowest BCUT2D eigenvalue weighted by Crippen LogP contribution is -2.14. The SMILES string of the molecule is Cc1cc(F)ccc1OC(=O)c1nccnc1N. The van der Waals surface area contributed by atoms with E-state index in [1.165, 1.54) is 30.6 Å². The molecular formula is C12H10FN3O2. The minimum Gasteiger partial charge on any atom is -0.421 e. The smallest absolute Gasteiger partial charge is 0.366 e. The Bertz CT molecular complexity index is 602. The summed E-state index contributed by atoms with van der Waals surface area (Å²) in [5.74, 6) is -0.879. The molecule has 0 radical (unpaired) electrons. The normalized spacial score (nSPS) is 10.1. The Morgan fingerprint density at radius 2 is 2.06 bits per heavy atom. The second-order valence-corrected chi connectivity index (χ2v) is 3.59. The Labute approximate surface area is 102 Å². The van der Waals surface area contributed by atoms with E-state index in [1.54, 1.807) is 6.92 Å². The van der Waals surface area contributed by atoms with Crippen molar-refractivity contribution in [1.82, 2.24) is 9.97 Å². The molecule has 0 atom stereocenters. The summed E-state index contributed by atoms with van der Waals surface area (Å²) in [5, 5.41) is 0. The predicted octanol–water partition coefficient (Wildman–Crippen LogP) is 1.73. The fourth-order valence-corrected chi connectivity index (χ4v) is 1.38. The highest BCUT2D eigenvalue weighted by Gasteiger charge is 2.15. The number of carbonyl (C=O) groups is 1. The van der Waals surface area contributed by atoms with Crippen molar-refractivity contribution in [2.75, 3.05) is 5.73 Å². The highest BCUT2D eigenvalue weighted by atomic mass is 19.1. The number of aryl methyl sites for hydroxylation is 1. The van der Waals surface area contributed by atoms with Crippen LogP contribution >= 0.6 is 0 Å². The van der Waals surface area contributed by atoms with Crippen LogP contribution in [0.25, 0.3) is 0 Å². The van der Waals surface area contributed by atoms with Gasteiger partial charge in [0, 0.05) is 12.4 Å². The molecule has 0 amide bonds. The molecule has 0 bridgehead atoms. The van der Waals surface area contributed by atoms with Gasteiger partial charge in [0.25, 0.3) is 0 Å². The van der Waals surface area contributed by atoms with Gasteiger partial charge in [-0.1, -0.05) is 0 Å². The summed E-state index contributed by atoms with van der Waals surface area (Å²) in [5.41, 5.74) is 5.94. The number of esters is 1. The zero-order valence-electron chi connectivity index (χ0n) is 9.55. The number of halogens is 1. The molecule has 0 aliphatic carbocycles. The first kappa shape index (κ1) is 12.0. The number of nitrogens with zero attached hydrogens (tertiary/aromatic N) is 2. The fraction of sp³-hybridized carbons (Fsp3) is 0.0833. The molecule has 0 aliphatic heterocycles. The third-order valence-corrected chi connectivity index (χ3v) is 2.26. The first-order valence-electron chi connectivity index (χ1n) is 5.13. The summed E-state index contributed by atoms with van der Waals surface area (Å²) in [4.78, 5) is 19.3. The van der Waals surface area contributed by atoms with Crippen molar-refractivity contribution >= 4 is 11.8 Å². The highest BCUT2D eigenvalue weighted by Crippen LogP contribution is 2.20. The van der Waals surface area contributed by atoms with Gasteiger partial charge in [0.15, 0.2) is 11.5 Å². The summed E-state index contributed by atoms with van der Waals surface area (Å²) in [7, 11) is 0. The minimum absolute atomic E-state index is 0.0118. The van der Waals surface area contributed by atoms with Crippen LogP contribution in [0.3, 0.4) is 0 Å². The van der Waals surface area contributed by atoms with Gasteiger partial charge in [-0.05, 0) is 30.7 Å². The molecule has 5 nitrogen and oxygen atoms in total. The highest BCUT2D eigenvalue weighted by molar-refractivity contribution is 5.93. The molecular weight excluding hydrogens is 237 g/mol. The number of benzene rings is 1. The molecule has 18 heavy (non-hydrogen) atoms. The van der Waals surface area contributed by atoms with Crippen LogP contribution in [0.2, 0.25) is 0 Å². The van der Waals surface area contributed by atoms with Gasteiger partial charge < -0.3 is 10.5 Å². The molecule has 2 N–H and O–H groups in total. The van der Waals surface area contributed by atoms with Gasteiger partial charge in [0.05, 0.1) is 0 Å². The fourth-order valence-electron chi connectivity index (χ4n) is 1.38. The Kier molecular flexibility index (Phi) is 3.18. The van der Waals surface area contributed by atoms with E-state index < -0.39 is 11.8 Å². The van der Waals surface area contributed by atoms with Gasteiger partial charge >= 0.3 is 5.97 Å². The van der Waals surface area contributed by atoms with Crippen LogP contribution in [0.4, 0.5) is 10.2 Å². The third kappa shape index (κ3) is 2.42. The van der Waals surface area contributed by atoms with Gasteiger partial charge in [-0.2, -0.15) is 0 Å². The van der Waals surface area contributed by atoms with Gasteiger partial charge in [-0.15, -0.1) is 0 Å². The number of hydrogen-bond acceptors (Lipinski definition) is 5. The van der Waals surface area contributed by atoms with Gasteiger partial charge in [-0.3, -0.25) is 0 Å². The second-order valence-electron chi connectivity index (χ2n) is 3.59. The monoisotopic (exact) mass is 247 g/mol. The maximum atomic E-state index is 12.9. The minimum atomic E-state index is -0.727. The summed E-state index contributed by atoms with van der Waals surface area (Å²) in [6.07, 6.45) is 2.71. The topological polar surface area (TPSA) is 78.1 Å². The quantitative estimate of drug-likeness (QED) is 0.645. The van der Waals surface area contributed by atoms with Crippen molar-refractivity contribution in [3.05, 3.63) is 47.7 Å². The molecule has 1 aromatic carbocycles. The number of anilines is 1. The van der Waals surface area contributed by atoms with Crippen molar-refractivity contribution in [3.63, 3.8) is 0 Å². The number of carbonyl (C=O) groups excluding carboxylic acids is 1. The lowest BCUT2D eigenvalue weighted by Gasteiger charge is -2.07. The van der Waals surface area contributed by atoms with E-state index >= 15 is 0 Å². The molecule has 0 aliphatic rings. The number of ether oxygens (including phenoxy) is 1. The van der Waals surface area contributed by atoms with E-state index in [2.05, 4.69) is 9.97 Å². The number of hydrogen-bond donors (Lipinski definition) is 1. The third-order valence-electron chi connectivity index (χ3n) is 2.26. The number of nitrogens with two attached hydrogens (primary N) is 1. The Morgan fingerprint density at radius 1 is 1.33 bits per heavy atom. The lowest BCUT2D eigenvalue weighted by molar-refractivity contribution is 0.0728. The van der Waals surface area contributed by atoms with Crippen LogP contribution in [0.5, 0.6) is 5.75 Å². The van der Waals surface area contributed by atoms with Crippen molar-refractivity contribution in [2.24, 2.45) is 0 Å². The Hall–Kier alpha value is -2.50. The first-order chi connectivity index (χ1) is 8.58. The molecule has 0 saturated carbocycles. The van der Waals surface area contributed by atoms with Crippen LogP contribution in [0.1, 0.15) is 16.1 Å². The Morgan fingerprint density at radius 3 is 2.72 bits per heavy atom. The maximum Gasteiger partial charge on any atom is 0.366 e. The van der Waals surface area contributed by atoms with Gasteiger partial charge in [0.1, 0.15) is 11.6 Å².